The molecule has 0 aliphatic carbocycles. The number of esters is 1. The molecular formula is C16H20N2O5. The van der Waals surface area contributed by atoms with Gasteiger partial charge >= 0.3 is 5.97 Å². The Labute approximate surface area is 133 Å². The Morgan fingerprint density at radius 3 is 3.00 bits per heavy atom. The van der Waals surface area contributed by atoms with Gasteiger partial charge in [-0.1, -0.05) is 0 Å². The first kappa shape index (κ1) is 15.7. The van der Waals surface area contributed by atoms with E-state index in [4.69, 9.17) is 13.9 Å². The Morgan fingerprint density at radius 2 is 2.30 bits per heavy atom. The quantitative estimate of drug-likeness (QED) is 0.802. The monoisotopic (exact) mass is 320 g/mol. The topological polar surface area (TPSA) is 83.6 Å². The second kappa shape index (κ2) is 6.54. The number of hydrogen-bond acceptors (Lipinski definition) is 6. The fourth-order valence-corrected chi connectivity index (χ4v) is 2.89. The maximum Gasteiger partial charge on any atom is 0.342 e. The standard InChI is InChI=1S/C16H20N2O5/c1-3-21-16(20)12-10(2)23-14-13(12)15(19)18(9-17-14)8-11-6-4-5-7-22-11/h9,11H,3-8H2,1-2H3/t11-/m0/s1. The van der Waals surface area contributed by atoms with E-state index in [1.807, 2.05) is 0 Å². The highest BCUT2D eigenvalue weighted by Crippen LogP contribution is 2.22. The number of aryl methyl sites for hydroxylation is 1. The summed E-state index contributed by atoms with van der Waals surface area (Å²) in [4.78, 5) is 29.0. The van der Waals surface area contributed by atoms with Crippen LogP contribution in [0, 0.1) is 6.92 Å². The number of fused-ring (bicyclic) bond motifs is 1. The third-order valence-electron chi connectivity index (χ3n) is 4.01. The van der Waals surface area contributed by atoms with E-state index in [1.54, 1.807) is 13.8 Å². The molecule has 2 aromatic heterocycles. The maximum absolute atomic E-state index is 12.7. The summed E-state index contributed by atoms with van der Waals surface area (Å²) in [6.45, 7) is 4.71. The molecule has 0 N–H and O–H groups in total. The summed E-state index contributed by atoms with van der Waals surface area (Å²) < 4.78 is 17.6. The fraction of sp³-hybridized carbons (Fsp3) is 0.562. The predicted molar refractivity (Wildman–Crippen MR) is 82.6 cm³/mol. The van der Waals surface area contributed by atoms with Crippen LogP contribution in [0.1, 0.15) is 42.3 Å². The van der Waals surface area contributed by atoms with E-state index in [0.29, 0.717) is 18.9 Å². The summed E-state index contributed by atoms with van der Waals surface area (Å²) in [6, 6.07) is 0. The molecule has 1 fully saturated rings. The van der Waals surface area contributed by atoms with Crippen molar-refractivity contribution in [2.45, 2.75) is 45.8 Å². The molecule has 124 valence electrons. The third-order valence-corrected chi connectivity index (χ3v) is 4.01. The molecule has 1 aliphatic rings. The number of ether oxygens (including phenoxy) is 2. The minimum absolute atomic E-state index is 0.000240. The first-order chi connectivity index (χ1) is 11.1. The van der Waals surface area contributed by atoms with Crippen molar-refractivity contribution in [2.24, 2.45) is 0 Å². The van der Waals surface area contributed by atoms with Crippen molar-refractivity contribution in [1.29, 1.82) is 0 Å². The Hall–Kier alpha value is -2.15. The van der Waals surface area contributed by atoms with Gasteiger partial charge in [0.15, 0.2) is 0 Å². The molecule has 1 saturated heterocycles. The van der Waals surface area contributed by atoms with Crippen LogP contribution in [0.2, 0.25) is 0 Å². The van der Waals surface area contributed by atoms with Crippen LogP contribution in [-0.4, -0.2) is 34.8 Å². The SMILES string of the molecule is CCOC(=O)c1c(C)oc2ncn(C[C@@H]3CCCCO3)c(=O)c12. The molecule has 23 heavy (non-hydrogen) atoms. The third kappa shape index (κ3) is 3.01. The molecule has 0 amide bonds. The van der Waals surface area contributed by atoms with E-state index in [1.165, 1.54) is 10.9 Å². The zero-order chi connectivity index (χ0) is 16.4. The smallest absolute Gasteiger partial charge is 0.342 e. The average Bonchev–Trinajstić information content (AvgIpc) is 2.88. The zero-order valence-electron chi connectivity index (χ0n) is 13.3. The van der Waals surface area contributed by atoms with Gasteiger partial charge in [0.05, 0.1) is 19.3 Å². The predicted octanol–water partition coefficient (Wildman–Crippen LogP) is 2.04. The van der Waals surface area contributed by atoms with E-state index in [9.17, 15) is 9.59 Å². The molecule has 3 heterocycles. The molecule has 0 unspecified atom stereocenters. The van der Waals surface area contributed by atoms with Gasteiger partial charge in [-0.15, -0.1) is 0 Å². The number of carbonyl (C=O) groups is 1. The van der Waals surface area contributed by atoms with E-state index in [2.05, 4.69) is 4.98 Å². The van der Waals surface area contributed by atoms with E-state index >= 15 is 0 Å². The molecule has 7 nitrogen and oxygen atoms in total. The zero-order valence-corrected chi connectivity index (χ0v) is 13.3. The summed E-state index contributed by atoms with van der Waals surface area (Å²) in [5, 5.41) is 0.180. The van der Waals surface area contributed by atoms with Gasteiger partial charge in [-0.2, -0.15) is 0 Å². The van der Waals surface area contributed by atoms with E-state index in [0.717, 1.165) is 19.3 Å². The van der Waals surface area contributed by atoms with Crippen molar-refractivity contribution in [3.8, 4) is 0 Å². The van der Waals surface area contributed by atoms with Crippen molar-refractivity contribution >= 4 is 17.1 Å². The molecule has 2 aromatic rings. The minimum atomic E-state index is -0.561. The summed E-state index contributed by atoms with van der Waals surface area (Å²) in [5.74, 6) is -0.218. The van der Waals surface area contributed by atoms with Gasteiger partial charge in [-0.05, 0) is 33.1 Å². The molecule has 0 saturated carbocycles. The molecule has 1 aliphatic heterocycles. The van der Waals surface area contributed by atoms with Crippen molar-refractivity contribution in [1.82, 2.24) is 9.55 Å². The summed E-state index contributed by atoms with van der Waals surface area (Å²) in [7, 11) is 0. The molecule has 0 radical (unpaired) electrons. The Morgan fingerprint density at radius 1 is 1.48 bits per heavy atom. The van der Waals surface area contributed by atoms with Gasteiger partial charge in [-0.3, -0.25) is 9.36 Å². The number of furan rings is 1. The van der Waals surface area contributed by atoms with Gasteiger partial charge in [0.25, 0.3) is 5.56 Å². The Kier molecular flexibility index (Phi) is 4.47. The fourth-order valence-electron chi connectivity index (χ4n) is 2.89. The lowest BCUT2D eigenvalue weighted by Gasteiger charge is -2.22. The average molecular weight is 320 g/mol. The second-order valence-electron chi connectivity index (χ2n) is 5.62. The molecule has 3 rings (SSSR count). The lowest BCUT2D eigenvalue weighted by Crippen LogP contribution is -2.31. The minimum Gasteiger partial charge on any atom is -0.462 e. The number of nitrogens with zero attached hydrogens (tertiary/aromatic N) is 2. The Bertz CT molecular complexity index is 771. The van der Waals surface area contributed by atoms with Crippen molar-refractivity contribution in [3.05, 3.63) is 28.0 Å². The Balaban J connectivity index is 2.01. The second-order valence-corrected chi connectivity index (χ2v) is 5.62. The van der Waals surface area contributed by atoms with Gasteiger partial charge in [-0.25, -0.2) is 9.78 Å². The number of rotatable bonds is 4. The highest BCUT2D eigenvalue weighted by Gasteiger charge is 2.24. The van der Waals surface area contributed by atoms with Crippen molar-refractivity contribution < 1.29 is 18.7 Å². The summed E-state index contributed by atoms with van der Waals surface area (Å²) >= 11 is 0. The van der Waals surface area contributed by atoms with Crippen LogP contribution in [0.4, 0.5) is 0 Å². The molecule has 7 heteroatoms. The normalized spacial score (nSPS) is 18.3. The van der Waals surface area contributed by atoms with Gasteiger partial charge < -0.3 is 13.9 Å². The van der Waals surface area contributed by atoms with Crippen molar-refractivity contribution in [2.75, 3.05) is 13.2 Å². The van der Waals surface area contributed by atoms with Crippen molar-refractivity contribution in [3.63, 3.8) is 0 Å². The molecule has 0 aromatic carbocycles. The number of aromatic nitrogens is 2. The van der Waals surface area contributed by atoms with Gasteiger partial charge in [0, 0.05) is 6.61 Å². The van der Waals surface area contributed by atoms with Gasteiger partial charge in [0.2, 0.25) is 5.71 Å². The largest absolute Gasteiger partial charge is 0.462 e. The lowest BCUT2D eigenvalue weighted by molar-refractivity contribution is 0.00534. The molecule has 1 atom stereocenters. The number of carbonyl (C=O) groups excluding carboxylic acids is 1. The lowest BCUT2D eigenvalue weighted by atomic mass is 10.1. The number of hydrogen-bond donors (Lipinski definition) is 0. The van der Waals surface area contributed by atoms with Gasteiger partial charge in [0.1, 0.15) is 23.0 Å². The van der Waals surface area contributed by atoms with E-state index < -0.39 is 5.97 Å². The van der Waals surface area contributed by atoms with Crippen LogP contribution in [0.5, 0.6) is 0 Å². The molecule has 0 bridgehead atoms. The highest BCUT2D eigenvalue weighted by molar-refractivity contribution is 6.03. The van der Waals surface area contributed by atoms with Crippen LogP contribution in [0.25, 0.3) is 11.1 Å². The van der Waals surface area contributed by atoms with Crippen LogP contribution in [0.3, 0.4) is 0 Å². The first-order valence-electron chi connectivity index (χ1n) is 7.89. The summed E-state index contributed by atoms with van der Waals surface area (Å²) in [6.07, 6.45) is 4.50. The van der Waals surface area contributed by atoms with E-state index in [-0.39, 0.29) is 34.9 Å². The van der Waals surface area contributed by atoms with Crippen LogP contribution in [0.15, 0.2) is 15.5 Å². The van der Waals surface area contributed by atoms with Crippen LogP contribution >= 0.6 is 0 Å². The highest BCUT2D eigenvalue weighted by atomic mass is 16.5. The van der Waals surface area contributed by atoms with Crippen LogP contribution < -0.4 is 5.56 Å². The summed E-state index contributed by atoms with van der Waals surface area (Å²) in [5.41, 5.74) is 0.0266. The molecular weight excluding hydrogens is 300 g/mol. The maximum atomic E-state index is 12.7. The first-order valence-corrected chi connectivity index (χ1v) is 7.89. The van der Waals surface area contributed by atoms with Crippen LogP contribution in [-0.2, 0) is 16.0 Å². The molecule has 0 spiro atoms.